The molecule has 7 N–H and O–H groups in total. The zero-order valence-corrected chi connectivity index (χ0v) is 23.3. The average Bonchev–Trinajstić information content (AvgIpc) is 3.45. The fourth-order valence-corrected chi connectivity index (χ4v) is 6.48. The minimum Gasteiger partial charge on any atom is -0.508 e. The zero-order valence-electron chi connectivity index (χ0n) is 23.3. The number of ketones is 2. The molecule has 1 saturated carbocycles. The molecule has 5 rings (SSSR count). The fraction of sp³-hybridized carbons (Fsp3) is 0.393. The number of phenols is 1. The van der Waals surface area contributed by atoms with Gasteiger partial charge in [-0.2, -0.15) is 0 Å². The molecule has 222 valence electrons. The van der Waals surface area contributed by atoms with E-state index in [1.54, 1.807) is 39.2 Å². The van der Waals surface area contributed by atoms with Gasteiger partial charge in [0.05, 0.1) is 17.8 Å². The van der Waals surface area contributed by atoms with Gasteiger partial charge in [0, 0.05) is 49.4 Å². The Balaban J connectivity index is 1.65. The number of aromatic nitrogens is 1. The number of nitrogens with zero attached hydrogens (tertiary/aromatic N) is 3. The molecule has 42 heavy (non-hydrogen) atoms. The Morgan fingerprint density at radius 1 is 1.19 bits per heavy atom. The Hall–Kier alpha value is -4.69. The van der Waals surface area contributed by atoms with Gasteiger partial charge in [0.1, 0.15) is 22.8 Å². The monoisotopic (exact) mass is 581 g/mol. The number of carbonyl (C=O) groups is 4. The number of nitrogens with one attached hydrogen (secondary N) is 1. The highest BCUT2D eigenvalue weighted by Crippen LogP contribution is 2.54. The van der Waals surface area contributed by atoms with E-state index in [9.17, 15) is 39.6 Å². The lowest BCUT2D eigenvalue weighted by Crippen LogP contribution is -2.65. The quantitative estimate of drug-likeness (QED) is 0.247. The first-order valence-electron chi connectivity index (χ1n) is 13.1. The molecule has 0 spiro atoms. The normalized spacial score (nSPS) is 25.2. The van der Waals surface area contributed by atoms with Crippen LogP contribution in [0, 0.1) is 11.8 Å². The highest BCUT2D eigenvalue weighted by molar-refractivity contribution is 6.24. The van der Waals surface area contributed by atoms with Crippen LogP contribution in [0.25, 0.3) is 5.76 Å². The van der Waals surface area contributed by atoms with E-state index in [4.69, 9.17) is 10.3 Å². The van der Waals surface area contributed by atoms with Crippen LogP contribution < -0.4 is 16.0 Å². The third-order valence-corrected chi connectivity index (χ3v) is 8.36. The van der Waals surface area contributed by atoms with E-state index in [0.717, 1.165) is 0 Å². The van der Waals surface area contributed by atoms with Crippen LogP contribution in [-0.4, -0.2) is 93.7 Å². The Bertz CT molecular complexity index is 1590. The van der Waals surface area contributed by atoms with Gasteiger partial charge in [-0.1, -0.05) is 5.16 Å². The number of benzene rings is 1. The molecular weight excluding hydrogens is 550 g/mol. The van der Waals surface area contributed by atoms with Gasteiger partial charge in [0.15, 0.2) is 11.4 Å². The largest absolute Gasteiger partial charge is 0.508 e. The predicted molar refractivity (Wildman–Crippen MR) is 146 cm³/mol. The minimum absolute atomic E-state index is 0.0195. The number of primary amides is 1. The molecule has 0 saturated heterocycles. The molecule has 2 amide bonds. The summed E-state index contributed by atoms with van der Waals surface area (Å²) in [6.45, 7) is -0.177. The van der Waals surface area contributed by atoms with E-state index in [0.29, 0.717) is 11.3 Å². The van der Waals surface area contributed by atoms with E-state index in [1.807, 2.05) is 0 Å². The lowest BCUT2D eigenvalue weighted by atomic mass is 9.57. The van der Waals surface area contributed by atoms with Gasteiger partial charge in [-0.15, -0.1) is 0 Å². The van der Waals surface area contributed by atoms with Crippen molar-refractivity contribution < 1.29 is 44.1 Å². The second-order valence-electron chi connectivity index (χ2n) is 11.2. The lowest BCUT2D eigenvalue weighted by molar-refractivity contribution is -0.153. The number of hydrogen-bond donors (Lipinski definition) is 6. The zero-order chi connectivity index (χ0) is 30.8. The van der Waals surface area contributed by atoms with Crippen molar-refractivity contribution in [1.29, 1.82) is 0 Å². The van der Waals surface area contributed by atoms with E-state index in [1.165, 1.54) is 17.2 Å². The predicted octanol–water partition coefficient (Wildman–Crippen LogP) is -0.0520. The molecule has 4 unspecified atom stereocenters. The summed E-state index contributed by atoms with van der Waals surface area (Å²) < 4.78 is 4.85. The average molecular weight is 582 g/mol. The molecule has 0 aliphatic heterocycles. The maximum atomic E-state index is 14.0. The number of fused-ring (bicyclic) bond motifs is 3. The molecule has 1 aromatic heterocycles. The van der Waals surface area contributed by atoms with Gasteiger partial charge in [-0.05, 0) is 44.5 Å². The van der Waals surface area contributed by atoms with Gasteiger partial charge >= 0.3 is 0 Å². The van der Waals surface area contributed by atoms with Gasteiger partial charge in [0.25, 0.3) is 11.8 Å². The van der Waals surface area contributed by atoms with Crippen LogP contribution in [0.5, 0.6) is 5.75 Å². The molecule has 1 fully saturated rings. The van der Waals surface area contributed by atoms with E-state index in [2.05, 4.69) is 10.5 Å². The summed E-state index contributed by atoms with van der Waals surface area (Å²) in [5.41, 5.74) is 2.74. The number of aromatic hydroxyl groups is 1. The van der Waals surface area contributed by atoms with Crippen LogP contribution in [0.2, 0.25) is 0 Å². The van der Waals surface area contributed by atoms with Crippen molar-refractivity contribution in [2.45, 2.75) is 31.0 Å². The summed E-state index contributed by atoms with van der Waals surface area (Å²) in [5, 5.41) is 51.7. The summed E-state index contributed by atoms with van der Waals surface area (Å²) >= 11 is 0. The molecule has 1 heterocycles. The third kappa shape index (κ3) is 4.05. The summed E-state index contributed by atoms with van der Waals surface area (Å²) in [4.78, 5) is 55.0. The van der Waals surface area contributed by atoms with Gasteiger partial charge in [0.2, 0.25) is 11.5 Å². The third-order valence-electron chi connectivity index (χ3n) is 8.36. The number of amides is 2. The first kappa shape index (κ1) is 28.8. The molecule has 0 bridgehead atoms. The van der Waals surface area contributed by atoms with Crippen LogP contribution in [0.4, 0.5) is 5.69 Å². The summed E-state index contributed by atoms with van der Waals surface area (Å²) in [5.74, 6) is -7.90. The molecule has 14 nitrogen and oxygen atoms in total. The Morgan fingerprint density at radius 3 is 2.45 bits per heavy atom. The van der Waals surface area contributed by atoms with Gasteiger partial charge < -0.3 is 40.9 Å². The number of rotatable bonds is 6. The number of likely N-dealkylation sites (N-methyl/N-ethyl adjacent to an activating group) is 1. The molecule has 2 aromatic rings. The van der Waals surface area contributed by atoms with Crippen LogP contribution in [0.3, 0.4) is 0 Å². The number of aliphatic hydroxyl groups is 3. The maximum absolute atomic E-state index is 14.0. The number of phenolic OH excluding ortho intramolecular Hbond substituents is 1. The molecule has 0 radical (unpaired) electrons. The van der Waals surface area contributed by atoms with Crippen molar-refractivity contribution in [3.8, 4) is 5.75 Å². The van der Waals surface area contributed by atoms with E-state index < -0.39 is 69.7 Å². The molecule has 3 aliphatic carbocycles. The topological polar surface area (TPSA) is 220 Å². The molecule has 3 aliphatic rings. The first-order valence-corrected chi connectivity index (χ1v) is 13.1. The maximum Gasteiger partial charge on any atom is 0.290 e. The van der Waals surface area contributed by atoms with Crippen LogP contribution in [-0.2, 0) is 27.3 Å². The Kier molecular flexibility index (Phi) is 6.86. The van der Waals surface area contributed by atoms with Crippen LogP contribution in [0.15, 0.2) is 39.8 Å². The summed E-state index contributed by atoms with van der Waals surface area (Å²) in [6, 6.07) is 1.84. The standard InChI is InChI=1S/C28H31N5O9/c1-32(2)15-9-12(10-30-27(40)16-5-6-31-42-16)21(34)18-13(15)7-11-8-14-20(33(3)4)23(36)19(26(29)39)25(38)28(14,41)24(37)17(11)22(18)35/h5-6,9,11,14,20,34-35,38,41H,7-8,10H2,1-4H3,(H2,29,39)(H,30,40). The van der Waals surface area contributed by atoms with Crippen molar-refractivity contribution >= 4 is 34.8 Å². The number of anilines is 1. The SMILES string of the molecule is CN(C)c1cc(CNC(=O)c2ccno2)c(O)c2c1CC1CC3C(N(C)C)C(=O)C(C(N)=O)=C(O)C3(O)C(=O)C1=C2O. The van der Waals surface area contributed by atoms with Crippen molar-refractivity contribution in [1.82, 2.24) is 15.4 Å². The van der Waals surface area contributed by atoms with Crippen molar-refractivity contribution in [3.05, 3.63) is 57.7 Å². The summed E-state index contributed by atoms with van der Waals surface area (Å²) in [6.07, 6.45) is 1.42. The number of hydrogen-bond acceptors (Lipinski definition) is 12. The number of carbonyl (C=O) groups excluding carboxylic acids is 4. The molecular formula is C28H31N5O9. The lowest BCUT2D eigenvalue weighted by Gasteiger charge is -2.50. The Labute approximate surface area is 239 Å². The van der Waals surface area contributed by atoms with E-state index in [-0.39, 0.29) is 41.8 Å². The smallest absolute Gasteiger partial charge is 0.290 e. The number of Topliss-reactive ketones (excluding diaryl/α,β-unsaturated/α-hetero) is 2. The first-order chi connectivity index (χ1) is 19.7. The second-order valence-corrected chi connectivity index (χ2v) is 11.2. The minimum atomic E-state index is -2.73. The molecule has 4 atom stereocenters. The Morgan fingerprint density at radius 2 is 1.88 bits per heavy atom. The number of nitrogens with two attached hydrogens (primary N) is 1. The number of aliphatic hydroxyl groups excluding tert-OH is 2. The highest BCUT2D eigenvalue weighted by Gasteiger charge is 2.64. The van der Waals surface area contributed by atoms with Crippen molar-refractivity contribution in [2.75, 3.05) is 33.1 Å². The molecule has 14 heteroatoms. The van der Waals surface area contributed by atoms with Gasteiger partial charge in [-0.3, -0.25) is 24.1 Å². The summed E-state index contributed by atoms with van der Waals surface area (Å²) in [7, 11) is 6.58. The highest BCUT2D eigenvalue weighted by atomic mass is 16.5. The van der Waals surface area contributed by atoms with Gasteiger partial charge in [-0.25, -0.2) is 0 Å². The van der Waals surface area contributed by atoms with E-state index >= 15 is 0 Å². The van der Waals surface area contributed by atoms with Crippen molar-refractivity contribution in [3.63, 3.8) is 0 Å². The second kappa shape index (κ2) is 9.99. The van der Waals surface area contributed by atoms with Crippen LogP contribution >= 0.6 is 0 Å². The molecule has 1 aromatic carbocycles. The van der Waals surface area contributed by atoms with Crippen LogP contribution in [0.1, 0.15) is 33.7 Å². The fourth-order valence-electron chi connectivity index (χ4n) is 6.48. The van der Waals surface area contributed by atoms with Crippen molar-refractivity contribution in [2.24, 2.45) is 17.6 Å².